The molecule has 27 heavy (non-hydrogen) atoms. The van der Waals surface area contributed by atoms with E-state index in [2.05, 4.69) is 25.6 Å². The molecule has 2 heterocycles. The fourth-order valence-corrected chi connectivity index (χ4v) is 2.30. The first kappa shape index (κ1) is 18.3. The largest absolute Gasteiger partial charge is 0.416 e. The van der Waals surface area contributed by atoms with Crippen LogP contribution in [0.15, 0.2) is 61.2 Å². The number of carbonyl (C=O) groups excluding carboxylic acids is 1. The van der Waals surface area contributed by atoms with Gasteiger partial charge in [0.05, 0.1) is 23.4 Å². The van der Waals surface area contributed by atoms with Gasteiger partial charge in [0.1, 0.15) is 12.1 Å². The minimum absolute atomic E-state index is 0.0421. The number of pyridine rings is 1. The quantitative estimate of drug-likeness (QED) is 0.712. The second-order valence-electron chi connectivity index (χ2n) is 5.49. The summed E-state index contributed by atoms with van der Waals surface area (Å²) >= 11 is 0. The van der Waals surface area contributed by atoms with Crippen molar-refractivity contribution in [1.82, 2.24) is 15.0 Å². The number of benzene rings is 1. The third kappa shape index (κ3) is 4.78. The van der Waals surface area contributed by atoms with Crippen molar-refractivity contribution in [2.45, 2.75) is 12.7 Å². The maximum Gasteiger partial charge on any atom is 0.416 e. The van der Waals surface area contributed by atoms with Gasteiger partial charge in [-0.25, -0.2) is 15.0 Å². The molecule has 0 saturated heterocycles. The number of rotatable bonds is 5. The van der Waals surface area contributed by atoms with Crippen molar-refractivity contribution in [2.24, 2.45) is 0 Å². The van der Waals surface area contributed by atoms with Crippen molar-refractivity contribution in [2.75, 3.05) is 10.6 Å². The van der Waals surface area contributed by atoms with Gasteiger partial charge in [-0.2, -0.15) is 13.2 Å². The third-order valence-electron chi connectivity index (χ3n) is 3.58. The highest BCUT2D eigenvalue weighted by atomic mass is 19.4. The summed E-state index contributed by atoms with van der Waals surface area (Å²) in [5.41, 5.74) is 0.0953. The minimum atomic E-state index is -4.49. The Hall–Kier alpha value is -3.49. The summed E-state index contributed by atoms with van der Waals surface area (Å²) in [6, 6.07) is 9.23. The Labute approximate surface area is 152 Å². The van der Waals surface area contributed by atoms with E-state index in [-0.39, 0.29) is 11.3 Å². The van der Waals surface area contributed by atoms with E-state index in [4.69, 9.17) is 0 Å². The van der Waals surface area contributed by atoms with Crippen molar-refractivity contribution in [3.05, 3.63) is 78.0 Å². The first-order valence-corrected chi connectivity index (χ1v) is 7.86. The van der Waals surface area contributed by atoms with Crippen LogP contribution in [-0.2, 0) is 12.7 Å². The molecule has 0 bridgehead atoms. The highest BCUT2D eigenvalue weighted by Crippen LogP contribution is 2.30. The third-order valence-corrected chi connectivity index (χ3v) is 3.58. The molecule has 0 spiro atoms. The van der Waals surface area contributed by atoms with Gasteiger partial charge in [-0.1, -0.05) is 6.07 Å². The zero-order valence-corrected chi connectivity index (χ0v) is 13.9. The summed E-state index contributed by atoms with van der Waals surface area (Å²) in [6.45, 7) is 0.309. The van der Waals surface area contributed by atoms with Crippen LogP contribution in [0.5, 0.6) is 0 Å². The molecule has 2 aromatic heterocycles. The van der Waals surface area contributed by atoms with Crippen LogP contribution in [0.4, 0.5) is 24.7 Å². The molecule has 1 amide bonds. The van der Waals surface area contributed by atoms with Crippen LogP contribution < -0.4 is 10.6 Å². The lowest BCUT2D eigenvalue weighted by Gasteiger charge is -2.12. The van der Waals surface area contributed by atoms with E-state index in [0.717, 1.165) is 12.1 Å². The van der Waals surface area contributed by atoms with Gasteiger partial charge in [0.15, 0.2) is 0 Å². The smallest absolute Gasteiger partial charge is 0.364 e. The molecule has 138 valence electrons. The first-order chi connectivity index (χ1) is 12.9. The molecule has 3 rings (SSSR count). The summed E-state index contributed by atoms with van der Waals surface area (Å²) in [5, 5.41) is 5.45. The fourth-order valence-electron chi connectivity index (χ4n) is 2.30. The molecule has 0 unspecified atom stereocenters. The van der Waals surface area contributed by atoms with Crippen molar-refractivity contribution < 1.29 is 18.0 Å². The van der Waals surface area contributed by atoms with E-state index >= 15 is 0 Å². The van der Waals surface area contributed by atoms with Crippen LogP contribution in [0.1, 0.15) is 21.6 Å². The topological polar surface area (TPSA) is 79.8 Å². The van der Waals surface area contributed by atoms with E-state index in [0.29, 0.717) is 18.1 Å². The van der Waals surface area contributed by atoms with Gasteiger partial charge < -0.3 is 10.6 Å². The molecule has 0 saturated carbocycles. The van der Waals surface area contributed by atoms with Crippen LogP contribution in [0.2, 0.25) is 0 Å². The Morgan fingerprint density at radius 1 is 1.04 bits per heavy atom. The molecule has 0 atom stereocenters. The van der Waals surface area contributed by atoms with Crippen LogP contribution >= 0.6 is 0 Å². The van der Waals surface area contributed by atoms with Gasteiger partial charge in [-0.15, -0.1) is 0 Å². The number of anilines is 2. The predicted octanol–water partition coefficient (Wildman–Crippen LogP) is 3.75. The molecule has 1 aromatic carbocycles. The van der Waals surface area contributed by atoms with Gasteiger partial charge in [-0.3, -0.25) is 4.79 Å². The Kier molecular flexibility index (Phi) is 5.30. The summed E-state index contributed by atoms with van der Waals surface area (Å²) in [6.07, 6.45) is 0.00302. The molecular formula is C18H14F3N5O. The average molecular weight is 373 g/mol. The predicted molar refractivity (Wildman–Crippen MR) is 93.0 cm³/mol. The zero-order valence-electron chi connectivity index (χ0n) is 13.9. The molecule has 2 N–H and O–H groups in total. The van der Waals surface area contributed by atoms with Crippen LogP contribution in [0.3, 0.4) is 0 Å². The van der Waals surface area contributed by atoms with Gasteiger partial charge in [0.2, 0.25) is 0 Å². The second kappa shape index (κ2) is 7.81. The number of hydrogen-bond acceptors (Lipinski definition) is 5. The second-order valence-corrected chi connectivity index (χ2v) is 5.49. The number of nitrogens with one attached hydrogen (secondary N) is 2. The lowest BCUT2D eigenvalue weighted by atomic mass is 10.1. The van der Waals surface area contributed by atoms with E-state index in [9.17, 15) is 18.0 Å². The summed E-state index contributed by atoms with van der Waals surface area (Å²) < 4.78 is 38.4. The Bertz CT molecular complexity index is 932. The van der Waals surface area contributed by atoms with Crippen LogP contribution in [-0.4, -0.2) is 20.9 Å². The molecule has 6 nitrogen and oxygen atoms in total. The van der Waals surface area contributed by atoms with Crippen molar-refractivity contribution in [1.29, 1.82) is 0 Å². The Balaban J connectivity index is 1.75. The number of carbonyl (C=O) groups is 1. The zero-order chi connectivity index (χ0) is 19.3. The molecular weight excluding hydrogens is 359 g/mol. The van der Waals surface area contributed by atoms with Crippen LogP contribution in [0.25, 0.3) is 0 Å². The van der Waals surface area contributed by atoms with E-state index in [1.54, 1.807) is 18.3 Å². The molecule has 0 fully saturated rings. The highest BCUT2D eigenvalue weighted by Gasteiger charge is 2.30. The summed E-state index contributed by atoms with van der Waals surface area (Å²) in [7, 11) is 0. The summed E-state index contributed by atoms with van der Waals surface area (Å²) in [4.78, 5) is 24.5. The van der Waals surface area contributed by atoms with E-state index in [1.165, 1.54) is 30.7 Å². The van der Waals surface area contributed by atoms with Gasteiger partial charge in [-0.05, 0) is 36.4 Å². The van der Waals surface area contributed by atoms with Crippen molar-refractivity contribution in [3.63, 3.8) is 0 Å². The minimum Gasteiger partial charge on any atom is -0.364 e. The van der Waals surface area contributed by atoms with E-state index in [1.807, 2.05) is 0 Å². The van der Waals surface area contributed by atoms with E-state index < -0.39 is 17.6 Å². The number of halogens is 3. The monoisotopic (exact) mass is 373 g/mol. The van der Waals surface area contributed by atoms with Crippen molar-refractivity contribution >= 4 is 17.4 Å². The standard InChI is InChI=1S/C18H14F3N5O/c19-18(20,21)12-3-1-4-13(9-12)26-17(27)15-5-2-7-23-16(15)24-10-14-6-8-22-11-25-14/h1-9,11H,10H2,(H,23,24)(H,26,27). The maximum atomic E-state index is 12.8. The Morgan fingerprint density at radius 3 is 2.63 bits per heavy atom. The summed E-state index contributed by atoms with van der Waals surface area (Å²) in [5.74, 6) is -0.284. The fraction of sp³-hybridized carbons (Fsp3) is 0.111. The number of amides is 1. The van der Waals surface area contributed by atoms with Gasteiger partial charge in [0, 0.05) is 18.1 Å². The normalized spacial score (nSPS) is 11.1. The lowest BCUT2D eigenvalue weighted by molar-refractivity contribution is -0.137. The molecule has 0 aliphatic rings. The average Bonchev–Trinajstić information content (AvgIpc) is 2.67. The molecule has 0 aliphatic heterocycles. The van der Waals surface area contributed by atoms with Crippen molar-refractivity contribution in [3.8, 4) is 0 Å². The van der Waals surface area contributed by atoms with Gasteiger partial charge >= 0.3 is 6.18 Å². The molecule has 9 heteroatoms. The van der Waals surface area contributed by atoms with Gasteiger partial charge in [0.25, 0.3) is 5.91 Å². The number of alkyl halides is 3. The lowest BCUT2D eigenvalue weighted by Crippen LogP contribution is -2.16. The number of aromatic nitrogens is 3. The SMILES string of the molecule is O=C(Nc1cccc(C(F)(F)F)c1)c1cccnc1NCc1ccncn1. The number of hydrogen-bond donors (Lipinski definition) is 2. The van der Waals surface area contributed by atoms with Crippen LogP contribution in [0, 0.1) is 0 Å². The molecule has 0 aliphatic carbocycles. The molecule has 0 radical (unpaired) electrons. The Morgan fingerprint density at radius 2 is 1.89 bits per heavy atom. The highest BCUT2D eigenvalue weighted by molar-refractivity contribution is 6.07. The number of nitrogens with zero attached hydrogens (tertiary/aromatic N) is 3. The maximum absolute atomic E-state index is 12.8. The molecule has 3 aromatic rings. The first-order valence-electron chi connectivity index (χ1n) is 7.86.